The van der Waals surface area contributed by atoms with Crippen molar-refractivity contribution in [2.45, 2.75) is 20.8 Å². The molecule has 0 bridgehead atoms. The highest BCUT2D eigenvalue weighted by Crippen LogP contribution is 2.17. The summed E-state index contributed by atoms with van der Waals surface area (Å²) in [4.78, 5) is 26.1. The predicted molar refractivity (Wildman–Crippen MR) is 103 cm³/mol. The van der Waals surface area contributed by atoms with E-state index < -0.39 is 0 Å². The molecule has 0 aliphatic heterocycles. The summed E-state index contributed by atoms with van der Waals surface area (Å²) >= 11 is 0. The number of rotatable bonds is 7. The lowest BCUT2D eigenvalue weighted by atomic mass is 10.2. The van der Waals surface area contributed by atoms with E-state index in [4.69, 9.17) is 0 Å². The molecule has 0 saturated carbocycles. The number of para-hydroxylation sites is 1. The molecule has 0 aliphatic rings. The molecule has 0 aliphatic carbocycles. The summed E-state index contributed by atoms with van der Waals surface area (Å²) in [5, 5.41) is 5.72. The number of amides is 2. The lowest BCUT2D eigenvalue weighted by Gasteiger charge is -2.22. The van der Waals surface area contributed by atoms with E-state index in [1.54, 1.807) is 18.2 Å². The van der Waals surface area contributed by atoms with Crippen LogP contribution in [0, 0.1) is 5.92 Å². The lowest BCUT2D eigenvalue weighted by Crippen LogP contribution is -2.33. The lowest BCUT2D eigenvalue weighted by molar-refractivity contribution is -0.119. The molecule has 2 amide bonds. The smallest absolute Gasteiger partial charge is 0.243 e. The van der Waals surface area contributed by atoms with Gasteiger partial charge in [0.25, 0.3) is 0 Å². The first-order valence-electron chi connectivity index (χ1n) is 8.50. The van der Waals surface area contributed by atoms with Crippen LogP contribution in [0.1, 0.15) is 20.8 Å². The van der Waals surface area contributed by atoms with Crippen molar-refractivity contribution in [2.24, 2.45) is 5.92 Å². The minimum atomic E-state index is -0.0990. The van der Waals surface area contributed by atoms with Gasteiger partial charge in [0.2, 0.25) is 11.8 Å². The number of anilines is 3. The third-order valence-corrected chi connectivity index (χ3v) is 3.78. The highest BCUT2D eigenvalue weighted by atomic mass is 16.2. The summed E-state index contributed by atoms with van der Waals surface area (Å²) < 4.78 is 0. The summed E-state index contributed by atoms with van der Waals surface area (Å²) in [6.07, 6.45) is 0. The number of nitrogens with zero attached hydrogens (tertiary/aromatic N) is 1. The fourth-order valence-electron chi connectivity index (χ4n) is 2.36. The van der Waals surface area contributed by atoms with Gasteiger partial charge in [-0.15, -0.1) is 0 Å². The van der Waals surface area contributed by atoms with Crippen LogP contribution in [0.5, 0.6) is 0 Å². The summed E-state index contributed by atoms with van der Waals surface area (Å²) in [7, 11) is 0. The van der Waals surface area contributed by atoms with Crippen molar-refractivity contribution < 1.29 is 9.59 Å². The Hall–Kier alpha value is -2.82. The van der Waals surface area contributed by atoms with Crippen LogP contribution in [-0.2, 0) is 9.59 Å². The van der Waals surface area contributed by atoms with Crippen LogP contribution < -0.4 is 15.5 Å². The van der Waals surface area contributed by atoms with E-state index in [1.165, 1.54) is 0 Å². The molecular formula is C20H25N3O2. The first kappa shape index (κ1) is 18.5. The molecule has 2 rings (SSSR count). The number of nitrogens with one attached hydrogen (secondary N) is 2. The number of carbonyl (C=O) groups excluding carboxylic acids is 2. The van der Waals surface area contributed by atoms with Gasteiger partial charge in [0, 0.05) is 29.5 Å². The number of carbonyl (C=O) groups is 2. The molecule has 0 unspecified atom stereocenters. The summed E-state index contributed by atoms with van der Waals surface area (Å²) in [5.74, 6) is -0.245. The second-order valence-electron chi connectivity index (χ2n) is 6.12. The van der Waals surface area contributed by atoms with Gasteiger partial charge in [0.15, 0.2) is 0 Å². The molecule has 0 radical (unpaired) electrons. The van der Waals surface area contributed by atoms with E-state index in [9.17, 15) is 9.59 Å². The van der Waals surface area contributed by atoms with Crippen LogP contribution in [0.4, 0.5) is 17.1 Å². The minimum Gasteiger partial charge on any atom is -0.362 e. The summed E-state index contributed by atoms with van der Waals surface area (Å²) in [6.45, 7) is 6.70. The number of benzene rings is 2. The Morgan fingerprint density at radius 3 is 2.20 bits per heavy atom. The molecular weight excluding hydrogens is 314 g/mol. The molecule has 0 fully saturated rings. The average molecular weight is 339 g/mol. The number of hydrogen-bond acceptors (Lipinski definition) is 3. The quantitative estimate of drug-likeness (QED) is 0.808. The van der Waals surface area contributed by atoms with Crippen molar-refractivity contribution >= 4 is 28.9 Å². The highest BCUT2D eigenvalue weighted by molar-refractivity contribution is 5.96. The van der Waals surface area contributed by atoms with Crippen molar-refractivity contribution in [3.05, 3.63) is 54.6 Å². The van der Waals surface area contributed by atoms with Crippen LogP contribution in [0.25, 0.3) is 0 Å². The van der Waals surface area contributed by atoms with E-state index in [0.717, 1.165) is 12.2 Å². The Morgan fingerprint density at radius 1 is 0.960 bits per heavy atom. The van der Waals surface area contributed by atoms with E-state index in [-0.39, 0.29) is 24.3 Å². The zero-order valence-corrected chi connectivity index (χ0v) is 15.0. The van der Waals surface area contributed by atoms with Crippen LogP contribution in [-0.4, -0.2) is 24.9 Å². The Balaban J connectivity index is 1.99. The van der Waals surface area contributed by atoms with E-state index in [0.29, 0.717) is 11.4 Å². The maximum atomic E-state index is 12.4. The molecule has 2 aromatic carbocycles. The van der Waals surface area contributed by atoms with Crippen LogP contribution >= 0.6 is 0 Å². The van der Waals surface area contributed by atoms with Crippen LogP contribution in [0.3, 0.4) is 0 Å². The van der Waals surface area contributed by atoms with Crippen molar-refractivity contribution in [3.63, 3.8) is 0 Å². The molecule has 5 heteroatoms. The van der Waals surface area contributed by atoms with Gasteiger partial charge in [-0.05, 0) is 37.3 Å². The van der Waals surface area contributed by atoms with Gasteiger partial charge in [-0.2, -0.15) is 0 Å². The molecule has 132 valence electrons. The second kappa shape index (κ2) is 8.87. The van der Waals surface area contributed by atoms with E-state index >= 15 is 0 Å². The highest BCUT2D eigenvalue weighted by Gasteiger charge is 2.11. The van der Waals surface area contributed by atoms with E-state index in [2.05, 4.69) is 10.6 Å². The van der Waals surface area contributed by atoms with Crippen LogP contribution in [0.2, 0.25) is 0 Å². The molecule has 0 heterocycles. The first-order valence-corrected chi connectivity index (χ1v) is 8.50. The largest absolute Gasteiger partial charge is 0.362 e. The predicted octanol–water partition coefficient (Wildman–Crippen LogP) is 3.75. The summed E-state index contributed by atoms with van der Waals surface area (Å²) in [5.41, 5.74) is 2.35. The Morgan fingerprint density at radius 2 is 1.60 bits per heavy atom. The van der Waals surface area contributed by atoms with Gasteiger partial charge < -0.3 is 15.5 Å². The molecule has 0 atom stereocenters. The maximum absolute atomic E-state index is 12.4. The van der Waals surface area contributed by atoms with Gasteiger partial charge in [0.1, 0.15) is 0 Å². The van der Waals surface area contributed by atoms with Crippen molar-refractivity contribution in [1.82, 2.24) is 0 Å². The first-order chi connectivity index (χ1) is 12.0. The molecule has 2 N–H and O–H groups in total. The SMILES string of the molecule is CCN(CC(=O)Nc1cccc(NC(=O)C(C)C)c1)c1ccccc1. The Kier molecular flexibility index (Phi) is 6.57. The Bertz CT molecular complexity index is 714. The standard InChI is InChI=1S/C20H25N3O2/c1-4-23(18-11-6-5-7-12-18)14-19(24)21-16-9-8-10-17(13-16)22-20(25)15(2)3/h5-13,15H,4,14H2,1-3H3,(H,21,24)(H,22,25). The second-order valence-corrected chi connectivity index (χ2v) is 6.12. The van der Waals surface area contributed by atoms with Crippen molar-refractivity contribution in [3.8, 4) is 0 Å². The minimum absolute atomic E-state index is 0.0512. The van der Waals surface area contributed by atoms with Gasteiger partial charge in [-0.25, -0.2) is 0 Å². The fourth-order valence-corrected chi connectivity index (χ4v) is 2.36. The van der Waals surface area contributed by atoms with Crippen LogP contribution in [0.15, 0.2) is 54.6 Å². The van der Waals surface area contributed by atoms with Gasteiger partial charge in [0.05, 0.1) is 6.54 Å². The normalized spacial score (nSPS) is 10.4. The average Bonchev–Trinajstić information content (AvgIpc) is 2.60. The number of likely N-dealkylation sites (N-methyl/N-ethyl adjacent to an activating group) is 1. The van der Waals surface area contributed by atoms with Gasteiger partial charge in [-0.1, -0.05) is 38.1 Å². The fraction of sp³-hybridized carbons (Fsp3) is 0.300. The molecule has 5 nitrogen and oxygen atoms in total. The molecule has 25 heavy (non-hydrogen) atoms. The van der Waals surface area contributed by atoms with Gasteiger partial charge in [-0.3, -0.25) is 9.59 Å². The zero-order valence-electron chi connectivity index (χ0n) is 15.0. The molecule has 0 aromatic heterocycles. The number of hydrogen-bond donors (Lipinski definition) is 2. The van der Waals surface area contributed by atoms with Gasteiger partial charge >= 0.3 is 0 Å². The third kappa shape index (κ3) is 5.64. The molecule has 0 spiro atoms. The molecule has 0 saturated heterocycles. The third-order valence-electron chi connectivity index (χ3n) is 3.78. The maximum Gasteiger partial charge on any atom is 0.243 e. The molecule has 2 aromatic rings. The van der Waals surface area contributed by atoms with E-state index in [1.807, 2.05) is 62.1 Å². The van der Waals surface area contributed by atoms with Crippen molar-refractivity contribution in [2.75, 3.05) is 28.6 Å². The zero-order chi connectivity index (χ0) is 18.2. The topological polar surface area (TPSA) is 61.4 Å². The summed E-state index contributed by atoms with van der Waals surface area (Å²) in [6, 6.07) is 17.0. The Labute approximate surface area is 149 Å². The van der Waals surface area contributed by atoms with Crippen molar-refractivity contribution in [1.29, 1.82) is 0 Å². The monoisotopic (exact) mass is 339 g/mol.